The van der Waals surface area contributed by atoms with Gasteiger partial charge < -0.3 is 19.4 Å². The fourth-order valence-corrected chi connectivity index (χ4v) is 3.03. The molecule has 7 heteroatoms. The zero-order valence-electron chi connectivity index (χ0n) is 14.9. The minimum atomic E-state index is -0.814. The van der Waals surface area contributed by atoms with Gasteiger partial charge in [-0.3, -0.25) is 4.57 Å². The molecule has 0 aromatic carbocycles. The van der Waals surface area contributed by atoms with Gasteiger partial charge in [0.2, 0.25) is 5.71 Å². The van der Waals surface area contributed by atoms with E-state index >= 15 is 0 Å². The molecule has 1 aliphatic heterocycles. The van der Waals surface area contributed by atoms with Crippen LogP contribution in [-0.2, 0) is 4.74 Å². The van der Waals surface area contributed by atoms with Gasteiger partial charge in [-0.25, -0.2) is 4.79 Å². The van der Waals surface area contributed by atoms with Crippen molar-refractivity contribution in [3.05, 3.63) is 28.5 Å². The number of aliphatic hydroxyl groups excluding tert-OH is 2. The topological polar surface area (TPSA) is 97.7 Å². The van der Waals surface area contributed by atoms with Crippen molar-refractivity contribution in [2.45, 2.75) is 63.9 Å². The van der Waals surface area contributed by atoms with Crippen LogP contribution >= 0.6 is 0 Å². The van der Waals surface area contributed by atoms with E-state index in [2.05, 4.69) is 23.7 Å². The number of hydrogen-bond acceptors (Lipinski definition) is 6. The minimum Gasteiger partial charge on any atom is -0.429 e. The lowest BCUT2D eigenvalue weighted by Crippen LogP contribution is -2.27. The summed E-state index contributed by atoms with van der Waals surface area (Å²) in [6.45, 7) is 1.87. The Morgan fingerprint density at radius 1 is 1.38 bits per heavy atom. The number of hydrogen-bond donors (Lipinski definition) is 2. The molecule has 2 aromatic heterocycles. The predicted octanol–water partition coefficient (Wildman–Crippen LogP) is 1.95. The molecular weight excluding hydrogens is 336 g/mol. The highest BCUT2D eigenvalue weighted by Crippen LogP contribution is 2.28. The lowest BCUT2D eigenvalue weighted by Gasteiger charge is -2.13. The zero-order chi connectivity index (χ0) is 18.5. The van der Waals surface area contributed by atoms with Gasteiger partial charge in [0.15, 0.2) is 5.76 Å². The van der Waals surface area contributed by atoms with Gasteiger partial charge >= 0.3 is 5.69 Å². The molecule has 0 spiro atoms. The zero-order valence-corrected chi connectivity index (χ0v) is 14.9. The van der Waals surface area contributed by atoms with Crippen molar-refractivity contribution in [3.63, 3.8) is 0 Å². The van der Waals surface area contributed by atoms with Crippen molar-refractivity contribution in [1.82, 2.24) is 9.55 Å². The van der Waals surface area contributed by atoms with Crippen molar-refractivity contribution >= 4 is 11.1 Å². The van der Waals surface area contributed by atoms with E-state index in [1.165, 1.54) is 23.8 Å². The largest absolute Gasteiger partial charge is 0.429 e. The van der Waals surface area contributed by atoms with E-state index in [9.17, 15) is 15.0 Å². The second kappa shape index (κ2) is 8.49. The van der Waals surface area contributed by atoms with Crippen molar-refractivity contribution in [2.24, 2.45) is 0 Å². The number of nitrogens with zero attached hydrogens (tertiary/aromatic N) is 2. The monoisotopic (exact) mass is 360 g/mol. The van der Waals surface area contributed by atoms with Crippen LogP contribution in [-0.4, -0.2) is 38.6 Å². The summed E-state index contributed by atoms with van der Waals surface area (Å²) in [5.74, 6) is 6.53. The number of unbranched alkanes of at least 4 members (excludes halogenated alkanes) is 4. The molecule has 26 heavy (non-hydrogen) atoms. The van der Waals surface area contributed by atoms with Crippen LogP contribution in [0.4, 0.5) is 0 Å². The summed E-state index contributed by atoms with van der Waals surface area (Å²) >= 11 is 0. The van der Waals surface area contributed by atoms with Crippen LogP contribution in [0.2, 0.25) is 0 Å². The minimum absolute atomic E-state index is 0.223. The van der Waals surface area contributed by atoms with Gasteiger partial charge in [-0.1, -0.05) is 32.1 Å². The highest BCUT2D eigenvalue weighted by atomic mass is 16.5. The van der Waals surface area contributed by atoms with Crippen LogP contribution in [0.15, 0.2) is 21.5 Å². The van der Waals surface area contributed by atoms with E-state index in [1.54, 1.807) is 12.3 Å². The van der Waals surface area contributed by atoms with E-state index in [-0.39, 0.29) is 18.7 Å². The summed E-state index contributed by atoms with van der Waals surface area (Å²) in [6.07, 6.45) is 5.12. The lowest BCUT2D eigenvalue weighted by atomic mass is 10.1. The van der Waals surface area contributed by atoms with Crippen LogP contribution < -0.4 is 5.69 Å². The first-order valence-electron chi connectivity index (χ1n) is 9.08. The molecule has 7 nitrogen and oxygen atoms in total. The number of ether oxygens (including phenoxy) is 1. The number of aliphatic hydroxyl groups is 2. The lowest BCUT2D eigenvalue weighted by molar-refractivity contribution is -0.0457. The molecule has 2 N–H and O–H groups in total. The Morgan fingerprint density at radius 3 is 2.96 bits per heavy atom. The van der Waals surface area contributed by atoms with Crippen LogP contribution in [0.5, 0.6) is 0 Å². The Kier molecular flexibility index (Phi) is 6.09. The number of aromatic nitrogens is 2. The maximum atomic E-state index is 12.2. The molecule has 2 aromatic rings. The molecule has 0 aliphatic carbocycles. The fraction of sp³-hybridized carbons (Fsp3) is 0.579. The highest BCUT2D eigenvalue weighted by molar-refractivity contribution is 5.73. The van der Waals surface area contributed by atoms with Crippen molar-refractivity contribution < 1.29 is 19.4 Å². The summed E-state index contributed by atoms with van der Waals surface area (Å²) in [5.41, 5.74) is -0.291. The first-order chi connectivity index (χ1) is 12.6. The van der Waals surface area contributed by atoms with E-state index in [1.807, 2.05) is 0 Å². The average Bonchev–Trinajstić information content (AvgIpc) is 3.19. The molecule has 0 saturated carbocycles. The van der Waals surface area contributed by atoms with E-state index < -0.39 is 24.1 Å². The maximum absolute atomic E-state index is 12.2. The summed E-state index contributed by atoms with van der Waals surface area (Å²) in [7, 11) is 0. The third kappa shape index (κ3) is 4.15. The molecule has 3 rings (SSSR count). The van der Waals surface area contributed by atoms with Crippen LogP contribution in [0.3, 0.4) is 0 Å². The maximum Gasteiger partial charge on any atom is 0.353 e. The molecule has 3 heterocycles. The average molecular weight is 360 g/mol. The molecule has 0 bridgehead atoms. The molecular formula is C19H24N2O5. The molecule has 3 atom stereocenters. The van der Waals surface area contributed by atoms with E-state index in [0.717, 1.165) is 12.8 Å². The van der Waals surface area contributed by atoms with Gasteiger partial charge in [-0.15, -0.1) is 0 Å². The molecule has 0 amide bonds. The van der Waals surface area contributed by atoms with Gasteiger partial charge in [0, 0.05) is 25.1 Å². The molecule has 1 saturated heterocycles. The Balaban J connectivity index is 1.75. The second-order valence-corrected chi connectivity index (χ2v) is 6.53. The van der Waals surface area contributed by atoms with Gasteiger partial charge in [0.05, 0.1) is 18.1 Å². The quantitative estimate of drug-likeness (QED) is 0.604. The van der Waals surface area contributed by atoms with Crippen LogP contribution in [0.25, 0.3) is 11.1 Å². The Labute approximate surface area is 151 Å². The summed E-state index contributed by atoms with van der Waals surface area (Å²) in [6, 6.07) is 1.74. The van der Waals surface area contributed by atoms with Gasteiger partial charge in [-0.05, 0) is 12.3 Å². The Bertz CT molecular complexity index is 860. The van der Waals surface area contributed by atoms with Gasteiger partial charge in [0.1, 0.15) is 12.3 Å². The third-order valence-electron chi connectivity index (χ3n) is 4.50. The molecule has 0 radical (unpaired) electrons. The smallest absolute Gasteiger partial charge is 0.353 e. The number of furan rings is 1. The molecule has 140 valence electrons. The van der Waals surface area contributed by atoms with Crippen molar-refractivity contribution in [1.29, 1.82) is 0 Å². The Hall–Kier alpha value is -2.14. The second-order valence-electron chi connectivity index (χ2n) is 6.53. The van der Waals surface area contributed by atoms with E-state index in [0.29, 0.717) is 11.1 Å². The summed E-state index contributed by atoms with van der Waals surface area (Å²) in [4.78, 5) is 16.2. The normalized spacial score (nSPS) is 22.5. The summed E-state index contributed by atoms with van der Waals surface area (Å²) < 4.78 is 12.4. The van der Waals surface area contributed by atoms with E-state index in [4.69, 9.17) is 9.15 Å². The van der Waals surface area contributed by atoms with Gasteiger partial charge in [0.25, 0.3) is 0 Å². The standard InChI is InChI=1S/C19H24N2O5/c1-2-3-4-5-6-7-8-14-9-13-11-21(19(24)20-18(13)25-14)17-10-15(23)16(12-22)26-17/h9,11,15-17,22-23H,2-6,10,12H2,1H3/t15-,16+,17+/m0/s1. The highest BCUT2D eigenvalue weighted by Gasteiger charge is 2.35. The molecule has 1 fully saturated rings. The van der Waals surface area contributed by atoms with Crippen molar-refractivity contribution in [2.75, 3.05) is 6.61 Å². The van der Waals surface area contributed by atoms with Crippen LogP contribution in [0, 0.1) is 11.8 Å². The Morgan fingerprint density at radius 2 is 2.23 bits per heavy atom. The number of rotatable bonds is 6. The molecule has 0 unspecified atom stereocenters. The first-order valence-corrected chi connectivity index (χ1v) is 9.08. The number of fused-ring (bicyclic) bond motifs is 1. The summed E-state index contributed by atoms with van der Waals surface area (Å²) in [5, 5.41) is 19.7. The first kappa shape index (κ1) is 18.6. The predicted molar refractivity (Wildman–Crippen MR) is 95.5 cm³/mol. The van der Waals surface area contributed by atoms with Gasteiger partial charge in [-0.2, -0.15) is 4.98 Å². The fourth-order valence-electron chi connectivity index (χ4n) is 3.03. The molecule has 1 aliphatic rings. The van der Waals surface area contributed by atoms with Crippen LogP contribution in [0.1, 0.15) is 57.4 Å². The third-order valence-corrected chi connectivity index (χ3v) is 4.50. The SMILES string of the molecule is CCCCCCC#Cc1cc2cn([C@H]3C[C@H](O)[C@@H](CO)O3)c(=O)nc2o1. The van der Waals surface area contributed by atoms with Crippen molar-refractivity contribution in [3.8, 4) is 11.8 Å².